The fraction of sp³-hybridized carbons (Fsp3) is 0.167. The molecule has 2 rings (SSSR count). The highest BCUT2D eigenvalue weighted by Crippen LogP contribution is 2.18. The first-order valence-corrected chi connectivity index (χ1v) is 5.07. The summed E-state index contributed by atoms with van der Waals surface area (Å²) in [5.41, 5.74) is 1.55. The molecule has 0 N–H and O–H groups in total. The zero-order chi connectivity index (χ0) is 12.1. The Balaban J connectivity index is 2.00. The van der Waals surface area contributed by atoms with Crippen LogP contribution in [0.1, 0.15) is 5.69 Å². The van der Waals surface area contributed by atoms with Gasteiger partial charge in [0.2, 0.25) is 6.08 Å². The molecule has 2 aromatic rings. The van der Waals surface area contributed by atoms with Crippen LogP contribution in [0.2, 0.25) is 0 Å². The normalized spacial score (nSPS) is 9.71. The Morgan fingerprint density at radius 3 is 2.71 bits per heavy atom. The van der Waals surface area contributed by atoms with Crippen molar-refractivity contribution in [2.24, 2.45) is 12.0 Å². The summed E-state index contributed by atoms with van der Waals surface area (Å²) in [5.74, 6) is 0.719. The van der Waals surface area contributed by atoms with E-state index in [1.54, 1.807) is 35.1 Å². The van der Waals surface area contributed by atoms with Gasteiger partial charge in [-0.1, -0.05) is 0 Å². The molecule has 0 amide bonds. The zero-order valence-corrected chi connectivity index (χ0v) is 9.33. The average molecular weight is 229 g/mol. The van der Waals surface area contributed by atoms with Gasteiger partial charge >= 0.3 is 0 Å². The van der Waals surface area contributed by atoms with Gasteiger partial charge in [-0.05, 0) is 30.3 Å². The fourth-order valence-corrected chi connectivity index (χ4v) is 1.37. The third-order valence-electron chi connectivity index (χ3n) is 2.32. The first-order valence-electron chi connectivity index (χ1n) is 5.07. The molecule has 0 aliphatic carbocycles. The van der Waals surface area contributed by atoms with Gasteiger partial charge in [0.15, 0.2) is 0 Å². The number of aliphatic imine (C=N–C) groups is 1. The molecule has 0 radical (unpaired) electrons. The number of carbonyl (C=O) groups excluding carboxylic acids is 1. The first-order chi connectivity index (χ1) is 8.29. The summed E-state index contributed by atoms with van der Waals surface area (Å²) in [6, 6.07) is 8.80. The van der Waals surface area contributed by atoms with Crippen molar-refractivity contribution in [1.82, 2.24) is 9.78 Å². The van der Waals surface area contributed by atoms with Crippen molar-refractivity contribution in [3.63, 3.8) is 0 Å². The molecular formula is C12H11N3O2. The minimum Gasteiger partial charge on any atom is -0.487 e. The van der Waals surface area contributed by atoms with E-state index < -0.39 is 0 Å². The van der Waals surface area contributed by atoms with Gasteiger partial charge in [0.25, 0.3) is 0 Å². The monoisotopic (exact) mass is 229 g/mol. The smallest absolute Gasteiger partial charge is 0.240 e. The van der Waals surface area contributed by atoms with Crippen molar-refractivity contribution in [2.75, 3.05) is 0 Å². The van der Waals surface area contributed by atoms with Crippen LogP contribution < -0.4 is 4.74 Å². The predicted octanol–water partition coefficient (Wildman–Crippen LogP) is 1.97. The molecule has 0 aliphatic heterocycles. The maximum Gasteiger partial charge on any atom is 0.240 e. The van der Waals surface area contributed by atoms with Crippen molar-refractivity contribution in [1.29, 1.82) is 0 Å². The highest BCUT2D eigenvalue weighted by Gasteiger charge is 2.00. The maximum absolute atomic E-state index is 10.0. The number of nitrogens with zero attached hydrogens (tertiary/aromatic N) is 3. The Kier molecular flexibility index (Phi) is 3.33. The van der Waals surface area contributed by atoms with Crippen LogP contribution in [0, 0.1) is 0 Å². The van der Waals surface area contributed by atoms with Crippen LogP contribution in [0.5, 0.6) is 5.75 Å². The standard InChI is InChI=1S/C12H11N3O2/c1-15-11(6-7-14-15)8-17-12-4-2-10(3-5-12)13-9-16/h2-7H,8H2,1H3. The van der Waals surface area contributed by atoms with Gasteiger partial charge < -0.3 is 4.74 Å². The van der Waals surface area contributed by atoms with E-state index in [9.17, 15) is 4.79 Å². The molecular weight excluding hydrogens is 218 g/mol. The minimum absolute atomic E-state index is 0.451. The quantitative estimate of drug-likeness (QED) is 0.595. The van der Waals surface area contributed by atoms with E-state index in [2.05, 4.69) is 10.1 Å². The highest BCUT2D eigenvalue weighted by molar-refractivity contribution is 5.49. The molecule has 0 atom stereocenters. The summed E-state index contributed by atoms with van der Waals surface area (Å²) in [4.78, 5) is 13.5. The summed E-state index contributed by atoms with van der Waals surface area (Å²) in [7, 11) is 1.86. The van der Waals surface area contributed by atoms with Crippen LogP contribution in [0.3, 0.4) is 0 Å². The minimum atomic E-state index is 0.451. The van der Waals surface area contributed by atoms with Crippen LogP contribution in [0.15, 0.2) is 41.5 Å². The lowest BCUT2D eigenvalue weighted by atomic mass is 10.3. The number of aromatic nitrogens is 2. The molecule has 0 unspecified atom stereocenters. The van der Waals surface area contributed by atoms with E-state index in [4.69, 9.17) is 4.74 Å². The Morgan fingerprint density at radius 1 is 1.35 bits per heavy atom. The van der Waals surface area contributed by atoms with Gasteiger partial charge in [-0.3, -0.25) is 4.68 Å². The second kappa shape index (κ2) is 5.09. The number of ether oxygens (including phenoxy) is 1. The number of rotatable bonds is 4. The van der Waals surface area contributed by atoms with Crippen molar-refractivity contribution >= 4 is 11.8 Å². The van der Waals surface area contributed by atoms with E-state index in [0.29, 0.717) is 12.3 Å². The number of isocyanates is 1. The SMILES string of the molecule is Cn1nccc1COc1ccc(N=C=O)cc1. The molecule has 1 aromatic carbocycles. The van der Waals surface area contributed by atoms with Crippen LogP contribution in [0.25, 0.3) is 0 Å². The van der Waals surface area contributed by atoms with Gasteiger partial charge in [0.05, 0.1) is 11.4 Å². The Hall–Kier alpha value is -2.39. The molecule has 0 saturated carbocycles. The summed E-state index contributed by atoms with van der Waals surface area (Å²) in [6.45, 7) is 0.451. The molecule has 5 nitrogen and oxygen atoms in total. The lowest BCUT2D eigenvalue weighted by molar-refractivity contribution is 0.295. The van der Waals surface area contributed by atoms with Gasteiger partial charge in [-0.2, -0.15) is 10.1 Å². The van der Waals surface area contributed by atoms with Crippen LogP contribution in [-0.4, -0.2) is 15.9 Å². The molecule has 1 aromatic heterocycles. The van der Waals surface area contributed by atoms with Crippen LogP contribution >= 0.6 is 0 Å². The fourth-order valence-electron chi connectivity index (χ4n) is 1.37. The Labute approximate surface area is 98.4 Å². The molecule has 17 heavy (non-hydrogen) atoms. The second-order valence-electron chi connectivity index (χ2n) is 3.43. The number of aryl methyl sites for hydroxylation is 1. The van der Waals surface area contributed by atoms with Gasteiger partial charge in [-0.25, -0.2) is 4.79 Å². The number of hydrogen-bond donors (Lipinski definition) is 0. The Bertz CT molecular complexity index is 539. The third kappa shape index (κ3) is 2.80. The summed E-state index contributed by atoms with van der Waals surface area (Å²) in [6.07, 6.45) is 3.21. The molecule has 0 saturated heterocycles. The Morgan fingerprint density at radius 2 is 2.12 bits per heavy atom. The summed E-state index contributed by atoms with van der Waals surface area (Å²) in [5, 5.41) is 4.05. The van der Waals surface area contributed by atoms with Gasteiger partial charge in [0.1, 0.15) is 12.4 Å². The van der Waals surface area contributed by atoms with E-state index >= 15 is 0 Å². The van der Waals surface area contributed by atoms with E-state index in [1.807, 2.05) is 13.1 Å². The maximum atomic E-state index is 10.0. The molecule has 1 heterocycles. The molecule has 0 spiro atoms. The lowest BCUT2D eigenvalue weighted by Crippen LogP contribution is -2.02. The van der Waals surface area contributed by atoms with E-state index in [-0.39, 0.29) is 0 Å². The zero-order valence-electron chi connectivity index (χ0n) is 9.33. The second-order valence-corrected chi connectivity index (χ2v) is 3.43. The summed E-state index contributed by atoms with van der Waals surface area (Å²) < 4.78 is 7.32. The molecule has 0 bridgehead atoms. The first kappa shape index (κ1) is 11.1. The van der Waals surface area contributed by atoms with Crippen LogP contribution in [0.4, 0.5) is 5.69 Å². The van der Waals surface area contributed by atoms with E-state index in [1.165, 1.54) is 6.08 Å². The summed E-state index contributed by atoms with van der Waals surface area (Å²) >= 11 is 0. The lowest BCUT2D eigenvalue weighted by Gasteiger charge is -2.06. The van der Waals surface area contributed by atoms with Crippen molar-refractivity contribution in [2.45, 2.75) is 6.61 Å². The number of benzene rings is 1. The largest absolute Gasteiger partial charge is 0.487 e. The topological polar surface area (TPSA) is 56.5 Å². The van der Waals surface area contributed by atoms with Gasteiger partial charge in [0, 0.05) is 13.2 Å². The van der Waals surface area contributed by atoms with Gasteiger partial charge in [-0.15, -0.1) is 0 Å². The predicted molar refractivity (Wildman–Crippen MR) is 61.8 cm³/mol. The average Bonchev–Trinajstić information content (AvgIpc) is 2.75. The van der Waals surface area contributed by atoms with Crippen molar-refractivity contribution in [3.05, 3.63) is 42.2 Å². The van der Waals surface area contributed by atoms with Crippen molar-refractivity contribution in [3.8, 4) is 5.75 Å². The molecule has 5 heteroatoms. The molecule has 0 aliphatic rings. The van der Waals surface area contributed by atoms with Crippen molar-refractivity contribution < 1.29 is 9.53 Å². The van der Waals surface area contributed by atoms with Crippen LogP contribution in [-0.2, 0) is 18.4 Å². The molecule has 86 valence electrons. The number of hydrogen-bond acceptors (Lipinski definition) is 4. The van der Waals surface area contributed by atoms with E-state index in [0.717, 1.165) is 11.4 Å². The highest BCUT2D eigenvalue weighted by atomic mass is 16.5. The third-order valence-corrected chi connectivity index (χ3v) is 2.32. The molecule has 0 fully saturated rings.